The third kappa shape index (κ3) is 2.29. The summed E-state index contributed by atoms with van der Waals surface area (Å²) in [5.41, 5.74) is -0.913. The molecule has 1 saturated heterocycles. The van der Waals surface area contributed by atoms with Crippen LogP contribution in [0, 0.1) is 12.3 Å². The van der Waals surface area contributed by atoms with Gasteiger partial charge in [-0.2, -0.15) is 0 Å². The van der Waals surface area contributed by atoms with Crippen LogP contribution in [0.15, 0.2) is 10.6 Å². The summed E-state index contributed by atoms with van der Waals surface area (Å²) in [7, 11) is 0. The Labute approximate surface area is 116 Å². The molecule has 108 valence electrons. The molecule has 20 heavy (non-hydrogen) atoms. The van der Waals surface area contributed by atoms with Crippen molar-refractivity contribution in [3.05, 3.63) is 11.8 Å². The number of hydrogen-bond donors (Lipinski definition) is 1. The van der Waals surface area contributed by atoms with Crippen molar-refractivity contribution in [2.75, 3.05) is 31.6 Å². The number of nitrogens with zero attached hydrogens (tertiary/aromatic N) is 2. The number of hydrogen-bond acceptors (Lipinski definition) is 5. The highest BCUT2D eigenvalue weighted by Gasteiger charge is 2.58. The maximum absolute atomic E-state index is 12.5. The summed E-state index contributed by atoms with van der Waals surface area (Å²) in [6.45, 7) is 3.92. The van der Waals surface area contributed by atoms with Crippen LogP contribution in [0.5, 0.6) is 0 Å². The second kappa shape index (κ2) is 4.90. The molecule has 1 aromatic heterocycles. The highest BCUT2D eigenvalue weighted by Crippen LogP contribution is 2.48. The molecule has 7 nitrogen and oxygen atoms in total. The van der Waals surface area contributed by atoms with Crippen molar-refractivity contribution < 1.29 is 18.8 Å². The number of amides is 2. The molecule has 2 heterocycles. The van der Waals surface area contributed by atoms with Crippen LogP contribution in [0.1, 0.15) is 18.6 Å². The SMILES string of the molecule is Cc1cc(NC(=O)C2(C(=O)N3CCOCC3)CC2)no1. The summed E-state index contributed by atoms with van der Waals surface area (Å²) in [5, 5.41) is 6.38. The molecule has 1 aliphatic heterocycles. The smallest absolute Gasteiger partial charge is 0.241 e. The van der Waals surface area contributed by atoms with Crippen molar-refractivity contribution in [2.45, 2.75) is 19.8 Å². The van der Waals surface area contributed by atoms with E-state index in [0.29, 0.717) is 50.7 Å². The van der Waals surface area contributed by atoms with Crippen LogP contribution in [-0.2, 0) is 14.3 Å². The first kappa shape index (κ1) is 13.1. The lowest BCUT2D eigenvalue weighted by molar-refractivity contribution is -0.145. The van der Waals surface area contributed by atoms with E-state index in [1.807, 2.05) is 0 Å². The van der Waals surface area contributed by atoms with Gasteiger partial charge in [-0.3, -0.25) is 9.59 Å². The minimum Gasteiger partial charge on any atom is -0.378 e. The zero-order valence-corrected chi connectivity index (χ0v) is 11.3. The molecule has 0 aromatic carbocycles. The number of carbonyl (C=O) groups is 2. The Morgan fingerprint density at radius 3 is 2.60 bits per heavy atom. The summed E-state index contributed by atoms with van der Waals surface area (Å²) in [6.07, 6.45) is 1.18. The Morgan fingerprint density at radius 1 is 1.35 bits per heavy atom. The second-order valence-corrected chi connectivity index (χ2v) is 5.26. The van der Waals surface area contributed by atoms with Gasteiger partial charge in [0.25, 0.3) is 0 Å². The fourth-order valence-corrected chi connectivity index (χ4v) is 2.39. The third-order valence-corrected chi connectivity index (χ3v) is 3.76. The molecule has 1 aromatic rings. The van der Waals surface area contributed by atoms with Crippen molar-refractivity contribution in [1.29, 1.82) is 0 Å². The molecular weight excluding hydrogens is 262 g/mol. The molecule has 0 radical (unpaired) electrons. The minimum absolute atomic E-state index is 0.0986. The molecule has 1 N–H and O–H groups in total. The van der Waals surface area contributed by atoms with Gasteiger partial charge < -0.3 is 19.5 Å². The first-order valence-corrected chi connectivity index (χ1v) is 6.74. The van der Waals surface area contributed by atoms with Gasteiger partial charge in [-0.1, -0.05) is 5.16 Å². The molecule has 3 rings (SSSR count). The van der Waals surface area contributed by atoms with Crippen molar-refractivity contribution in [3.8, 4) is 0 Å². The van der Waals surface area contributed by atoms with Crippen LogP contribution >= 0.6 is 0 Å². The Kier molecular flexibility index (Phi) is 3.21. The molecule has 0 bridgehead atoms. The van der Waals surface area contributed by atoms with Crippen LogP contribution in [0.3, 0.4) is 0 Å². The van der Waals surface area contributed by atoms with Gasteiger partial charge in [-0.15, -0.1) is 0 Å². The average Bonchev–Trinajstić information content (AvgIpc) is 3.18. The zero-order valence-electron chi connectivity index (χ0n) is 11.3. The molecule has 1 saturated carbocycles. The van der Waals surface area contributed by atoms with Gasteiger partial charge in [-0.05, 0) is 19.8 Å². The van der Waals surface area contributed by atoms with E-state index in [4.69, 9.17) is 9.26 Å². The second-order valence-electron chi connectivity index (χ2n) is 5.26. The van der Waals surface area contributed by atoms with E-state index in [0.717, 1.165) is 0 Å². The quantitative estimate of drug-likeness (QED) is 0.817. The van der Waals surface area contributed by atoms with Crippen LogP contribution in [0.4, 0.5) is 5.82 Å². The van der Waals surface area contributed by atoms with Gasteiger partial charge in [0.05, 0.1) is 13.2 Å². The number of morpholine rings is 1. The summed E-state index contributed by atoms with van der Waals surface area (Å²) >= 11 is 0. The Morgan fingerprint density at radius 2 is 2.05 bits per heavy atom. The van der Waals surface area contributed by atoms with E-state index in [-0.39, 0.29) is 11.8 Å². The Hall–Kier alpha value is -1.89. The van der Waals surface area contributed by atoms with Gasteiger partial charge in [0.1, 0.15) is 11.2 Å². The molecule has 0 spiro atoms. The zero-order chi connectivity index (χ0) is 14.2. The van der Waals surface area contributed by atoms with E-state index in [2.05, 4.69) is 10.5 Å². The van der Waals surface area contributed by atoms with Gasteiger partial charge in [0, 0.05) is 19.2 Å². The molecular formula is C13H17N3O4. The van der Waals surface area contributed by atoms with Gasteiger partial charge in [0.15, 0.2) is 5.82 Å². The normalized spacial score (nSPS) is 20.6. The maximum Gasteiger partial charge on any atom is 0.241 e. The molecule has 0 atom stereocenters. The van der Waals surface area contributed by atoms with E-state index in [1.54, 1.807) is 17.9 Å². The summed E-state index contributed by atoms with van der Waals surface area (Å²) in [6, 6.07) is 1.63. The van der Waals surface area contributed by atoms with Gasteiger partial charge >= 0.3 is 0 Å². The average molecular weight is 279 g/mol. The number of aryl methyl sites for hydroxylation is 1. The van der Waals surface area contributed by atoms with Crippen LogP contribution in [0.2, 0.25) is 0 Å². The Balaban J connectivity index is 1.68. The topological polar surface area (TPSA) is 84.7 Å². The lowest BCUT2D eigenvalue weighted by Gasteiger charge is -2.29. The third-order valence-electron chi connectivity index (χ3n) is 3.76. The maximum atomic E-state index is 12.5. The van der Waals surface area contributed by atoms with Gasteiger partial charge in [0.2, 0.25) is 11.8 Å². The fourth-order valence-electron chi connectivity index (χ4n) is 2.39. The first-order valence-electron chi connectivity index (χ1n) is 6.74. The number of aromatic nitrogens is 1. The molecule has 1 aliphatic carbocycles. The largest absolute Gasteiger partial charge is 0.378 e. The summed E-state index contributed by atoms with van der Waals surface area (Å²) in [4.78, 5) is 26.5. The lowest BCUT2D eigenvalue weighted by Crippen LogP contribution is -2.47. The van der Waals surface area contributed by atoms with Crippen molar-refractivity contribution in [2.24, 2.45) is 5.41 Å². The van der Waals surface area contributed by atoms with Crippen molar-refractivity contribution >= 4 is 17.6 Å². The molecule has 2 fully saturated rings. The number of anilines is 1. The highest BCUT2D eigenvalue weighted by atomic mass is 16.5. The molecule has 2 amide bonds. The Bertz CT molecular complexity index is 529. The predicted octanol–water partition coefficient (Wildman–Crippen LogP) is 0.561. The van der Waals surface area contributed by atoms with E-state index < -0.39 is 5.41 Å². The highest BCUT2D eigenvalue weighted by molar-refractivity contribution is 6.12. The number of nitrogens with one attached hydrogen (secondary N) is 1. The predicted molar refractivity (Wildman–Crippen MR) is 68.9 cm³/mol. The molecule has 7 heteroatoms. The van der Waals surface area contributed by atoms with Crippen LogP contribution < -0.4 is 5.32 Å². The lowest BCUT2D eigenvalue weighted by atomic mass is 10.0. The number of carbonyl (C=O) groups excluding carboxylic acids is 2. The standard InChI is InChI=1S/C13H17N3O4/c1-9-8-10(15-20-9)14-11(17)13(2-3-13)12(18)16-4-6-19-7-5-16/h8H,2-7H2,1H3,(H,14,15,17). The van der Waals surface area contributed by atoms with Gasteiger partial charge in [-0.25, -0.2) is 0 Å². The van der Waals surface area contributed by atoms with E-state index in [1.165, 1.54) is 0 Å². The van der Waals surface area contributed by atoms with Crippen molar-refractivity contribution in [3.63, 3.8) is 0 Å². The van der Waals surface area contributed by atoms with E-state index in [9.17, 15) is 9.59 Å². The summed E-state index contributed by atoms with van der Waals surface area (Å²) < 4.78 is 10.1. The first-order chi connectivity index (χ1) is 9.62. The molecule has 2 aliphatic rings. The molecule has 0 unspecified atom stereocenters. The summed E-state index contributed by atoms with van der Waals surface area (Å²) in [5.74, 6) is 0.582. The van der Waals surface area contributed by atoms with E-state index >= 15 is 0 Å². The fraction of sp³-hybridized carbons (Fsp3) is 0.615. The van der Waals surface area contributed by atoms with Crippen LogP contribution in [-0.4, -0.2) is 48.2 Å². The minimum atomic E-state index is -0.913. The van der Waals surface area contributed by atoms with Crippen molar-refractivity contribution in [1.82, 2.24) is 10.1 Å². The number of ether oxygens (including phenoxy) is 1. The monoisotopic (exact) mass is 279 g/mol. The number of rotatable bonds is 3. The van der Waals surface area contributed by atoms with Crippen LogP contribution in [0.25, 0.3) is 0 Å².